The van der Waals surface area contributed by atoms with Gasteiger partial charge in [-0.05, 0) is 173 Å². The summed E-state index contributed by atoms with van der Waals surface area (Å²) in [6, 6.07) is 8.25. The molecule has 0 fully saturated rings. The molecule has 0 amide bonds. The molecule has 25 nitrogen and oxygen atoms in total. The van der Waals surface area contributed by atoms with Gasteiger partial charge in [0.2, 0.25) is 0 Å². The van der Waals surface area contributed by atoms with E-state index in [2.05, 4.69) is 255 Å². The van der Waals surface area contributed by atoms with Crippen LogP contribution in [-0.4, -0.2) is 108 Å². The van der Waals surface area contributed by atoms with Gasteiger partial charge in [0.05, 0.1) is 78.5 Å². The van der Waals surface area contributed by atoms with Crippen molar-refractivity contribution in [3.63, 3.8) is 0 Å². The topological polar surface area (TPSA) is 636 Å². The number of hydrogen-bond donors (Lipinski definition) is 13. The Hall–Kier alpha value is -0.810. The van der Waals surface area contributed by atoms with Crippen molar-refractivity contribution in [2.24, 2.45) is 0 Å². The molecule has 39 N–H and O–H groups in total. The van der Waals surface area contributed by atoms with Crippen LogP contribution >= 0.6 is 0 Å². The molecule has 30 heteroatoms. The van der Waals surface area contributed by atoms with Crippen LogP contribution in [0.5, 0.6) is 0 Å². The highest BCUT2D eigenvalue weighted by molar-refractivity contribution is 6.24. The van der Waals surface area contributed by atoms with Crippen LogP contribution in [0, 0.1) is 0 Å². The van der Waals surface area contributed by atoms with Crippen LogP contribution < -0.4 is 140 Å². The van der Waals surface area contributed by atoms with Gasteiger partial charge in [-0.3, -0.25) is 29.3 Å². The van der Waals surface area contributed by atoms with Crippen LogP contribution in [0.25, 0.3) is 0 Å². The molecule has 0 heterocycles. The largest absolute Gasteiger partial charge is 1.00 e. The van der Waals surface area contributed by atoms with Gasteiger partial charge in [0.25, 0.3) is 0 Å². The van der Waals surface area contributed by atoms with Crippen molar-refractivity contribution in [3.8, 4) is 0 Å². The molecule has 0 aromatic carbocycles. The van der Waals surface area contributed by atoms with Gasteiger partial charge in [-0.15, -0.1) is 0 Å². The van der Waals surface area contributed by atoms with Gasteiger partial charge in [0.15, 0.2) is 0 Å². The molecule has 0 aromatic heterocycles. The second-order valence-corrected chi connectivity index (χ2v) is 20.8. The smallest absolute Gasteiger partial charge is 0.0812 e. The monoisotopic (exact) mass is 1220 g/mol. The van der Waals surface area contributed by atoms with Crippen molar-refractivity contribution in [2.75, 3.05) is 0 Å². The lowest BCUT2D eigenvalue weighted by molar-refractivity contribution is -0.481. The molecule has 82 heavy (non-hydrogen) atoms. The summed E-state index contributed by atoms with van der Waals surface area (Å²) >= 11 is 0. The number of hydrogen-bond acceptors (Lipinski definition) is 12. The maximum atomic E-state index is 8.42. The Bertz CT molecular complexity index is 632. The Morgan fingerprint density at radius 1 is 0.171 bits per heavy atom. The zero-order valence-corrected chi connectivity index (χ0v) is 59.5. The number of rotatable bonds is 13. The summed E-state index contributed by atoms with van der Waals surface area (Å²) in [6.07, 6.45) is 15.5. The van der Waals surface area contributed by atoms with E-state index in [9.17, 15) is 0 Å². The van der Waals surface area contributed by atoms with Crippen molar-refractivity contribution < 1.29 is 140 Å². The second kappa shape index (κ2) is 126. The fourth-order valence-corrected chi connectivity index (χ4v) is 0. The van der Waals surface area contributed by atoms with Crippen LogP contribution in [0.4, 0.5) is 0 Å². The predicted molar refractivity (Wildman–Crippen MR) is 317 cm³/mol. The first-order valence-electron chi connectivity index (χ1n) is 30.1. The summed E-state index contributed by atoms with van der Waals surface area (Å²) < 4.78 is 0. The third kappa shape index (κ3) is 763. The van der Waals surface area contributed by atoms with Crippen LogP contribution in [0.2, 0.25) is 0 Å². The molecular weight excluding hydrogens is 1060 g/mol. The van der Waals surface area contributed by atoms with E-state index in [1.807, 2.05) is 0 Å². The normalized spacial score (nSPS) is 13.2. The third-order valence-corrected chi connectivity index (χ3v) is 9.06. The van der Waals surface area contributed by atoms with Crippen molar-refractivity contribution in [1.29, 1.82) is 0 Å². The van der Waals surface area contributed by atoms with Gasteiger partial charge >= 0.3 is 0 Å². The van der Waals surface area contributed by atoms with Crippen molar-refractivity contribution in [3.05, 3.63) is 0 Å². The molecule has 0 aromatic rings. The third-order valence-electron chi connectivity index (χ3n) is 9.06. The Labute approximate surface area is 509 Å². The molecule has 0 aliphatic rings. The molecule has 0 radical (unpaired) electrons. The zero-order chi connectivity index (χ0) is 70.0. The molecule has 0 saturated heterocycles. The lowest BCUT2D eigenvalue weighted by Gasteiger charge is -2.35. The summed E-state index contributed by atoms with van der Waals surface area (Å²) in [6.45, 7) is 55.2. The van der Waals surface area contributed by atoms with E-state index in [1.54, 1.807) is 0 Å². The Kier molecular flexibility index (Phi) is 201. The highest BCUT2D eigenvalue weighted by Gasteiger charge is 1.89. The zero-order valence-electron chi connectivity index (χ0n) is 59.5. The van der Waals surface area contributed by atoms with Gasteiger partial charge in [-0.2, -0.15) is 0 Å². The highest BCUT2D eigenvalue weighted by atomic mass is 19.0. The van der Waals surface area contributed by atoms with Gasteiger partial charge in [-0.25, -0.2) is 0 Å². The summed E-state index contributed by atoms with van der Waals surface area (Å²) in [5, 5.41) is 101. The Morgan fingerprint density at radius 2 is 0.183 bits per heavy atom. The van der Waals surface area contributed by atoms with Crippen LogP contribution in [0.15, 0.2) is 0 Å². The molecule has 520 valence electrons. The Morgan fingerprint density at radius 3 is 0.183 bits per heavy atom. The first-order valence-corrected chi connectivity index (χ1v) is 30.1. The van der Waals surface area contributed by atoms with Crippen molar-refractivity contribution in [2.45, 2.75) is 342 Å². The van der Waals surface area contributed by atoms with Crippen molar-refractivity contribution in [1.82, 2.24) is 0 Å². The van der Waals surface area contributed by atoms with Crippen LogP contribution in [0.3, 0.4) is 0 Å². The minimum absolute atomic E-state index is 0. The van der Waals surface area contributed by atoms with Gasteiger partial charge in [0, 0.05) is 0 Å². The summed E-state index contributed by atoms with van der Waals surface area (Å²) in [7, 11) is -11.7. The van der Waals surface area contributed by atoms with E-state index in [4.69, 9.17) is 60.3 Å². The average molecular weight is 1220 g/mol. The minimum Gasteiger partial charge on any atom is -1.00 e. The lowest BCUT2D eigenvalue weighted by Crippen LogP contribution is -3.00. The van der Waals surface area contributed by atoms with Crippen LogP contribution in [0.1, 0.15) is 263 Å². The van der Waals surface area contributed by atoms with E-state index in [1.165, 1.54) is 83.5 Å². The molecule has 0 saturated carbocycles. The van der Waals surface area contributed by atoms with E-state index in [-0.39, 0.29) is 4.70 Å². The summed E-state index contributed by atoms with van der Waals surface area (Å²) in [4.78, 5) is 0. The summed E-state index contributed by atoms with van der Waals surface area (Å²) in [5.41, 5.74) is 48.8. The average Bonchev–Trinajstić information content (AvgIpc) is 3.35. The number of halogens is 1. The highest BCUT2D eigenvalue weighted by Crippen LogP contribution is 1.79. The fourth-order valence-electron chi connectivity index (χ4n) is 0. The minimum atomic E-state index is -2.92. The first-order chi connectivity index (χ1) is 36.4. The molecule has 0 bridgehead atoms. The van der Waals surface area contributed by atoms with Crippen LogP contribution in [-0.2, 0) is 0 Å². The van der Waals surface area contributed by atoms with E-state index < -0.39 is 29.3 Å². The standard InChI is InChI=1S/13C4H11N.4BO3.FH/c13*1-3-4(2)5;4*2-1(3)4;/h13*4H,3,5H2,1-2H3;;;;;1H/q;;;;;;;;;;;;;4*-3;/p+12. The molecule has 0 spiro atoms. The quantitative estimate of drug-likeness (QED) is 0.0765. The van der Waals surface area contributed by atoms with Gasteiger partial charge in [0.1, 0.15) is 0 Å². The lowest BCUT2D eigenvalue weighted by atomic mass is 10.3. The molecular formula is C52H156B4FN13O12. The fraction of sp³-hybridized carbons (Fsp3) is 1.00. The molecule has 0 aliphatic heterocycles. The van der Waals surface area contributed by atoms with E-state index in [0.717, 1.165) is 0 Å². The first kappa shape index (κ1) is 131. The second-order valence-electron chi connectivity index (χ2n) is 20.8. The predicted octanol–water partition coefficient (Wildman–Crippen LogP) is -18.4. The maximum absolute atomic E-state index is 8.42. The van der Waals surface area contributed by atoms with Crippen molar-refractivity contribution >= 4 is 29.3 Å². The molecule has 0 aliphatic carbocycles. The molecule has 13 atom stereocenters. The van der Waals surface area contributed by atoms with Gasteiger partial charge in [-0.1, -0.05) is 90.0 Å². The van der Waals surface area contributed by atoms with E-state index >= 15 is 0 Å². The number of quaternary nitrogens is 13. The summed E-state index contributed by atoms with van der Waals surface area (Å²) in [5.74, 6) is 0. The maximum Gasteiger partial charge on any atom is 0.0812 e. The van der Waals surface area contributed by atoms with E-state index in [0.29, 0.717) is 78.5 Å². The van der Waals surface area contributed by atoms with Gasteiger partial charge < -0.3 is 140 Å². The molecule has 13 unspecified atom stereocenters. The molecule has 0 rings (SSSR count). The SMILES string of the molecule is CCC(C)[NH3+].CCC(C)[NH3+].CCC(C)[NH3+].CCC(C)[NH3+].CCC(C)[NH3+].CCC(C)[NH3+].CCC(C)[NH3+].CCC(C)[NH3+].CCC(C)[NH3+].CCC(C)[NH3+].CCC(C)[NH3+].CCC(C)[NH3+].CCC(C)[NH3+].[F-].[O-]B([O-])[O-].[O-]B([O-])[O-].[O-]B([O-])[O-].[O-]B([O-])[O-]. The Balaban J connectivity index is -0.0000000332.